The van der Waals surface area contributed by atoms with Crippen molar-refractivity contribution in [1.29, 1.82) is 0 Å². The summed E-state index contributed by atoms with van der Waals surface area (Å²) in [4.78, 5) is 11.8. The summed E-state index contributed by atoms with van der Waals surface area (Å²) in [6.45, 7) is 3.33. The van der Waals surface area contributed by atoms with Crippen LogP contribution in [-0.4, -0.2) is 18.6 Å². The molecule has 22 heavy (non-hydrogen) atoms. The summed E-state index contributed by atoms with van der Waals surface area (Å²) in [7, 11) is 1.64. The summed E-state index contributed by atoms with van der Waals surface area (Å²) in [5.41, 5.74) is -0.585. The molecule has 5 nitrogen and oxygen atoms in total. The number of benzene rings is 2. The van der Waals surface area contributed by atoms with E-state index in [4.69, 9.17) is 9.47 Å². The first-order chi connectivity index (χ1) is 10.5. The quantitative estimate of drug-likeness (QED) is 0.799. The Hall–Kier alpha value is -2.69. The van der Waals surface area contributed by atoms with E-state index < -0.39 is 5.72 Å². The molecule has 0 amide bonds. The van der Waals surface area contributed by atoms with Crippen molar-refractivity contribution in [1.82, 2.24) is 0 Å². The van der Waals surface area contributed by atoms with Crippen LogP contribution in [0.3, 0.4) is 0 Å². The van der Waals surface area contributed by atoms with Crippen molar-refractivity contribution in [3.63, 3.8) is 0 Å². The lowest BCUT2D eigenvalue weighted by Gasteiger charge is -2.16. The number of allylic oxidation sites excluding steroid dienone is 1. The van der Waals surface area contributed by atoms with E-state index in [-0.39, 0.29) is 5.78 Å². The molecule has 1 aliphatic rings. The van der Waals surface area contributed by atoms with Crippen LogP contribution in [0.4, 0.5) is 5.69 Å². The van der Waals surface area contributed by atoms with Crippen molar-refractivity contribution in [2.24, 2.45) is 10.2 Å². The first-order valence-electron chi connectivity index (χ1n) is 6.93. The molecule has 3 rings (SSSR count). The maximum Gasteiger partial charge on any atom is 0.278 e. The van der Waals surface area contributed by atoms with Gasteiger partial charge in [-0.2, -0.15) is 5.11 Å². The molecule has 2 aromatic carbocycles. The lowest BCUT2D eigenvalue weighted by Crippen LogP contribution is -2.29. The fourth-order valence-electron chi connectivity index (χ4n) is 2.33. The molecule has 1 unspecified atom stereocenters. The highest BCUT2D eigenvalue weighted by Crippen LogP contribution is 2.29. The highest BCUT2D eigenvalue weighted by molar-refractivity contribution is 5.98. The Bertz CT molecular complexity index is 811. The van der Waals surface area contributed by atoms with Crippen LogP contribution in [0.25, 0.3) is 10.8 Å². The van der Waals surface area contributed by atoms with Gasteiger partial charge in [0.25, 0.3) is 5.72 Å². The average molecular weight is 296 g/mol. The fourth-order valence-corrected chi connectivity index (χ4v) is 2.33. The molecule has 5 heteroatoms. The topological polar surface area (TPSA) is 60.3 Å². The van der Waals surface area contributed by atoms with Gasteiger partial charge in [0.15, 0.2) is 0 Å². The summed E-state index contributed by atoms with van der Waals surface area (Å²) in [5.74, 6) is 1.16. The molecule has 1 aliphatic heterocycles. The van der Waals surface area contributed by atoms with Gasteiger partial charge in [0.05, 0.1) is 12.8 Å². The zero-order valence-corrected chi connectivity index (χ0v) is 12.7. The average Bonchev–Trinajstić information content (AvgIpc) is 2.77. The lowest BCUT2D eigenvalue weighted by molar-refractivity contribution is -0.128. The molecule has 0 N–H and O–H groups in total. The van der Waals surface area contributed by atoms with E-state index in [1.165, 1.54) is 6.08 Å². The third-order valence-electron chi connectivity index (χ3n) is 3.54. The minimum absolute atomic E-state index is 0.195. The highest BCUT2D eigenvalue weighted by atomic mass is 16.5. The Balaban J connectivity index is 1.88. The van der Waals surface area contributed by atoms with Crippen molar-refractivity contribution in [3.05, 3.63) is 48.2 Å². The van der Waals surface area contributed by atoms with Crippen LogP contribution >= 0.6 is 0 Å². The van der Waals surface area contributed by atoms with Crippen LogP contribution in [0.15, 0.2) is 58.5 Å². The minimum atomic E-state index is -1.25. The molecular formula is C17H16N2O3. The second-order valence-corrected chi connectivity index (χ2v) is 5.30. The van der Waals surface area contributed by atoms with Gasteiger partial charge >= 0.3 is 0 Å². The minimum Gasteiger partial charge on any atom is -0.497 e. The Morgan fingerprint density at radius 3 is 2.55 bits per heavy atom. The molecule has 0 aliphatic carbocycles. The third kappa shape index (κ3) is 2.57. The van der Waals surface area contributed by atoms with Crippen LogP contribution in [0, 0.1) is 0 Å². The molecule has 0 bridgehead atoms. The molecule has 0 aromatic heterocycles. The van der Waals surface area contributed by atoms with E-state index >= 15 is 0 Å². The third-order valence-corrected chi connectivity index (χ3v) is 3.54. The van der Waals surface area contributed by atoms with Gasteiger partial charge in [0.2, 0.25) is 5.78 Å². The first kappa shape index (κ1) is 14.3. The van der Waals surface area contributed by atoms with Crippen molar-refractivity contribution in [2.75, 3.05) is 7.11 Å². The van der Waals surface area contributed by atoms with Gasteiger partial charge in [-0.15, -0.1) is 5.11 Å². The van der Waals surface area contributed by atoms with Gasteiger partial charge in [-0.25, -0.2) is 0 Å². The van der Waals surface area contributed by atoms with Crippen LogP contribution in [0.1, 0.15) is 13.8 Å². The molecule has 0 fully saturated rings. The maximum atomic E-state index is 11.8. The van der Waals surface area contributed by atoms with E-state index in [1.807, 2.05) is 36.4 Å². The van der Waals surface area contributed by atoms with Gasteiger partial charge < -0.3 is 9.47 Å². The van der Waals surface area contributed by atoms with Crippen molar-refractivity contribution in [2.45, 2.75) is 19.6 Å². The first-order valence-corrected chi connectivity index (χ1v) is 6.93. The van der Waals surface area contributed by atoms with Gasteiger partial charge in [-0.3, -0.25) is 4.79 Å². The van der Waals surface area contributed by atoms with E-state index in [2.05, 4.69) is 10.2 Å². The predicted molar refractivity (Wildman–Crippen MR) is 83.3 cm³/mol. The zero-order chi connectivity index (χ0) is 15.7. The molecule has 0 saturated heterocycles. The van der Waals surface area contributed by atoms with Crippen molar-refractivity contribution in [3.8, 4) is 5.75 Å². The Morgan fingerprint density at radius 2 is 1.86 bits per heavy atom. The number of carbonyl (C=O) groups is 1. The molecule has 0 radical (unpaired) electrons. The number of methoxy groups -OCH3 is 1. The molecule has 0 saturated carbocycles. The van der Waals surface area contributed by atoms with E-state index in [1.54, 1.807) is 21.0 Å². The number of hydrogen-bond donors (Lipinski definition) is 0. The number of azo groups is 1. The van der Waals surface area contributed by atoms with E-state index in [0.29, 0.717) is 11.4 Å². The van der Waals surface area contributed by atoms with E-state index in [0.717, 1.165) is 16.5 Å². The number of nitrogens with zero attached hydrogens (tertiary/aromatic N) is 2. The Labute approximate surface area is 128 Å². The number of rotatable bonds is 3. The number of ketones is 1. The SMILES string of the molecule is COc1ccc2cc(N=NC3(C)OC(C)=CC3=O)ccc2c1. The molecule has 2 aromatic rings. The Morgan fingerprint density at radius 1 is 1.14 bits per heavy atom. The summed E-state index contributed by atoms with van der Waals surface area (Å²) in [6, 6.07) is 11.5. The van der Waals surface area contributed by atoms with E-state index in [9.17, 15) is 4.79 Å². The van der Waals surface area contributed by atoms with Crippen molar-refractivity contribution >= 4 is 22.2 Å². The van der Waals surface area contributed by atoms with Crippen LogP contribution < -0.4 is 4.74 Å². The van der Waals surface area contributed by atoms with Gasteiger partial charge in [-0.1, -0.05) is 12.1 Å². The number of fused-ring (bicyclic) bond motifs is 1. The summed E-state index contributed by atoms with van der Waals surface area (Å²) < 4.78 is 10.6. The largest absolute Gasteiger partial charge is 0.497 e. The molecular weight excluding hydrogens is 280 g/mol. The molecule has 1 heterocycles. The van der Waals surface area contributed by atoms with Crippen LogP contribution in [0.5, 0.6) is 5.75 Å². The number of carbonyl (C=O) groups excluding carboxylic acids is 1. The van der Waals surface area contributed by atoms with Gasteiger partial charge in [0, 0.05) is 13.0 Å². The summed E-state index contributed by atoms with van der Waals surface area (Å²) in [6.07, 6.45) is 1.44. The maximum absolute atomic E-state index is 11.8. The van der Waals surface area contributed by atoms with Crippen LogP contribution in [-0.2, 0) is 9.53 Å². The smallest absolute Gasteiger partial charge is 0.278 e. The standard InChI is InChI=1S/C17H16N2O3/c1-11-8-16(20)17(2,22-11)19-18-14-6-4-13-10-15(21-3)7-5-12(13)9-14/h4-10H,1-3H3. The predicted octanol–water partition coefficient (Wildman–Crippen LogP) is 4.15. The molecule has 0 spiro atoms. The zero-order valence-electron chi connectivity index (χ0n) is 12.7. The second kappa shape index (κ2) is 5.26. The van der Waals surface area contributed by atoms with Gasteiger partial charge in [0.1, 0.15) is 11.5 Å². The van der Waals surface area contributed by atoms with Crippen molar-refractivity contribution < 1.29 is 14.3 Å². The number of hydrogen-bond acceptors (Lipinski definition) is 5. The second-order valence-electron chi connectivity index (χ2n) is 5.30. The van der Waals surface area contributed by atoms with Crippen LogP contribution in [0.2, 0.25) is 0 Å². The van der Waals surface area contributed by atoms with Gasteiger partial charge in [-0.05, 0) is 42.0 Å². The highest BCUT2D eigenvalue weighted by Gasteiger charge is 2.39. The number of ether oxygens (including phenoxy) is 2. The molecule has 1 atom stereocenters. The normalized spacial score (nSPS) is 21.2. The summed E-state index contributed by atoms with van der Waals surface area (Å²) in [5, 5.41) is 10.3. The molecule has 112 valence electrons. The monoisotopic (exact) mass is 296 g/mol. The fraction of sp³-hybridized carbons (Fsp3) is 0.235. The summed E-state index contributed by atoms with van der Waals surface area (Å²) >= 11 is 0. The lowest BCUT2D eigenvalue weighted by atomic mass is 10.1. The Kier molecular flexibility index (Phi) is 3.41.